The fourth-order valence-electron chi connectivity index (χ4n) is 1.40. The predicted molar refractivity (Wildman–Crippen MR) is 58.4 cm³/mol. The van der Waals surface area contributed by atoms with E-state index in [1.165, 1.54) is 37.8 Å². The Balaban J connectivity index is 2.45. The molecule has 0 unspecified atom stereocenters. The molecule has 17 heavy (non-hydrogen) atoms. The Morgan fingerprint density at radius 3 is 2.82 bits per heavy atom. The zero-order chi connectivity index (χ0) is 12.3. The highest BCUT2D eigenvalue weighted by Crippen LogP contribution is 2.21. The lowest BCUT2D eigenvalue weighted by atomic mass is 10.1. The Bertz CT molecular complexity index is 543. The molecule has 0 fully saturated rings. The van der Waals surface area contributed by atoms with Crippen LogP contribution in [0.1, 0.15) is 16.1 Å². The van der Waals surface area contributed by atoms with E-state index >= 15 is 0 Å². The van der Waals surface area contributed by atoms with E-state index < -0.39 is 11.6 Å². The molecule has 0 atom stereocenters. The van der Waals surface area contributed by atoms with Gasteiger partial charge in [0.15, 0.2) is 11.6 Å². The van der Waals surface area contributed by atoms with Gasteiger partial charge in [0.05, 0.1) is 18.9 Å². The van der Waals surface area contributed by atoms with Crippen LogP contribution in [0.2, 0.25) is 0 Å². The summed E-state index contributed by atoms with van der Waals surface area (Å²) in [4.78, 5) is 19.5. The van der Waals surface area contributed by atoms with Crippen LogP contribution in [0.15, 0.2) is 36.8 Å². The number of halogens is 1. The first-order valence-electron chi connectivity index (χ1n) is 4.87. The Morgan fingerprint density at radius 1 is 1.35 bits per heavy atom. The monoisotopic (exact) mass is 232 g/mol. The summed E-state index contributed by atoms with van der Waals surface area (Å²) in [6.07, 6.45) is 4.12. The van der Waals surface area contributed by atoms with Crippen molar-refractivity contribution in [3.63, 3.8) is 0 Å². The number of methoxy groups -OCH3 is 1. The zero-order valence-corrected chi connectivity index (χ0v) is 9.05. The van der Waals surface area contributed by atoms with Crippen LogP contribution in [0.5, 0.6) is 5.75 Å². The summed E-state index contributed by atoms with van der Waals surface area (Å²) in [5.41, 5.74) is 0.0181. The van der Waals surface area contributed by atoms with Gasteiger partial charge < -0.3 is 4.74 Å². The molecule has 0 aliphatic heterocycles. The van der Waals surface area contributed by atoms with Gasteiger partial charge in [0, 0.05) is 12.4 Å². The van der Waals surface area contributed by atoms with E-state index in [0.717, 1.165) is 0 Å². The molecule has 0 aliphatic rings. The first kappa shape index (κ1) is 11.2. The third-order valence-corrected chi connectivity index (χ3v) is 2.22. The molecule has 0 saturated heterocycles. The van der Waals surface area contributed by atoms with Crippen LogP contribution < -0.4 is 4.74 Å². The number of hydrogen-bond acceptors (Lipinski definition) is 4. The number of ether oxygens (including phenoxy) is 1. The first-order valence-corrected chi connectivity index (χ1v) is 4.87. The van der Waals surface area contributed by atoms with E-state index in [1.54, 1.807) is 6.07 Å². The molecule has 0 amide bonds. The van der Waals surface area contributed by atoms with Crippen LogP contribution >= 0.6 is 0 Å². The van der Waals surface area contributed by atoms with Gasteiger partial charge in [-0.15, -0.1) is 0 Å². The number of aromatic nitrogens is 2. The van der Waals surface area contributed by atoms with E-state index in [1.807, 2.05) is 0 Å². The molecule has 0 radical (unpaired) electrons. The van der Waals surface area contributed by atoms with Crippen molar-refractivity contribution in [1.29, 1.82) is 0 Å². The van der Waals surface area contributed by atoms with Crippen LogP contribution in [0.25, 0.3) is 0 Å². The van der Waals surface area contributed by atoms with E-state index in [0.29, 0.717) is 0 Å². The Morgan fingerprint density at radius 2 is 2.18 bits per heavy atom. The Kier molecular flexibility index (Phi) is 3.09. The molecule has 1 aromatic carbocycles. The van der Waals surface area contributed by atoms with E-state index in [2.05, 4.69) is 9.97 Å². The van der Waals surface area contributed by atoms with Crippen LogP contribution in [0, 0.1) is 5.82 Å². The van der Waals surface area contributed by atoms with Gasteiger partial charge in [0.25, 0.3) is 0 Å². The summed E-state index contributed by atoms with van der Waals surface area (Å²) >= 11 is 0. The van der Waals surface area contributed by atoms with Gasteiger partial charge in [0.2, 0.25) is 5.78 Å². The highest BCUT2D eigenvalue weighted by Gasteiger charge is 2.17. The number of carbonyl (C=O) groups is 1. The molecule has 0 saturated carbocycles. The van der Waals surface area contributed by atoms with Gasteiger partial charge in [-0.3, -0.25) is 9.78 Å². The summed E-state index contributed by atoms with van der Waals surface area (Å²) in [6, 6.07) is 4.38. The van der Waals surface area contributed by atoms with Gasteiger partial charge >= 0.3 is 0 Å². The number of hydrogen-bond donors (Lipinski definition) is 0. The summed E-state index contributed by atoms with van der Waals surface area (Å²) < 4.78 is 18.6. The van der Waals surface area contributed by atoms with E-state index in [-0.39, 0.29) is 17.0 Å². The van der Waals surface area contributed by atoms with Gasteiger partial charge in [-0.2, -0.15) is 0 Å². The second-order valence-corrected chi connectivity index (χ2v) is 3.24. The van der Waals surface area contributed by atoms with Gasteiger partial charge in [-0.25, -0.2) is 9.37 Å². The molecule has 0 N–H and O–H groups in total. The predicted octanol–water partition coefficient (Wildman–Crippen LogP) is 1.86. The Hall–Kier alpha value is -2.30. The van der Waals surface area contributed by atoms with Crippen LogP contribution in [0.4, 0.5) is 4.39 Å². The summed E-state index contributed by atoms with van der Waals surface area (Å²) in [6.45, 7) is 0. The lowest BCUT2D eigenvalue weighted by Gasteiger charge is -2.05. The summed E-state index contributed by atoms with van der Waals surface area (Å²) in [5, 5.41) is 0. The second-order valence-electron chi connectivity index (χ2n) is 3.24. The standard InChI is InChI=1S/C12H9FN2O2/c1-17-10-4-2-3-8(11(10)13)12(16)9-7-14-5-6-15-9/h2-7H,1H3. The van der Waals surface area contributed by atoms with Crippen molar-refractivity contribution in [3.05, 3.63) is 53.9 Å². The molecule has 2 rings (SSSR count). The van der Waals surface area contributed by atoms with E-state index in [4.69, 9.17) is 4.74 Å². The fraction of sp³-hybridized carbons (Fsp3) is 0.0833. The van der Waals surface area contributed by atoms with Crippen molar-refractivity contribution in [3.8, 4) is 5.75 Å². The van der Waals surface area contributed by atoms with Crippen LogP contribution in [-0.2, 0) is 0 Å². The first-order chi connectivity index (χ1) is 8.24. The molecule has 5 heteroatoms. The highest BCUT2D eigenvalue weighted by atomic mass is 19.1. The minimum atomic E-state index is -0.689. The quantitative estimate of drug-likeness (QED) is 0.758. The normalized spacial score (nSPS) is 10.0. The molecule has 1 aromatic heterocycles. The molecular weight excluding hydrogens is 223 g/mol. The van der Waals surface area contributed by atoms with Crippen molar-refractivity contribution in [2.75, 3.05) is 7.11 Å². The highest BCUT2D eigenvalue weighted by molar-refractivity contribution is 6.07. The maximum atomic E-state index is 13.8. The SMILES string of the molecule is COc1cccc(C(=O)c2cnccn2)c1F. The topological polar surface area (TPSA) is 52.1 Å². The average Bonchev–Trinajstić information content (AvgIpc) is 2.39. The van der Waals surface area contributed by atoms with Crippen LogP contribution in [0.3, 0.4) is 0 Å². The molecule has 86 valence electrons. The number of rotatable bonds is 3. The molecule has 1 heterocycles. The van der Waals surface area contributed by atoms with Gasteiger partial charge in [-0.05, 0) is 12.1 Å². The number of nitrogens with zero attached hydrogens (tertiary/aromatic N) is 2. The van der Waals surface area contributed by atoms with Crippen molar-refractivity contribution in [2.45, 2.75) is 0 Å². The maximum absolute atomic E-state index is 13.8. The minimum Gasteiger partial charge on any atom is -0.494 e. The lowest BCUT2D eigenvalue weighted by Crippen LogP contribution is -2.07. The summed E-state index contributed by atoms with van der Waals surface area (Å²) in [5.74, 6) is -1.18. The number of ketones is 1. The molecular formula is C12H9FN2O2. The second kappa shape index (κ2) is 4.69. The largest absolute Gasteiger partial charge is 0.494 e. The third-order valence-electron chi connectivity index (χ3n) is 2.22. The summed E-state index contributed by atoms with van der Waals surface area (Å²) in [7, 11) is 1.34. The molecule has 0 spiro atoms. The molecule has 0 bridgehead atoms. The van der Waals surface area contributed by atoms with Crippen molar-refractivity contribution < 1.29 is 13.9 Å². The molecule has 4 nitrogen and oxygen atoms in total. The molecule has 2 aromatic rings. The number of carbonyl (C=O) groups excluding carboxylic acids is 1. The maximum Gasteiger partial charge on any atom is 0.216 e. The smallest absolute Gasteiger partial charge is 0.216 e. The lowest BCUT2D eigenvalue weighted by molar-refractivity contribution is 0.102. The van der Waals surface area contributed by atoms with Gasteiger partial charge in [0.1, 0.15) is 5.69 Å². The van der Waals surface area contributed by atoms with Crippen molar-refractivity contribution >= 4 is 5.78 Å². The molecule has 0 aliphatic carbocycles. The Labute approximate surface area is 97.1 Å². The third kappa shape index (κ3) is 2.13. The van der Waals surface area contributed by atoms with E-state index in [9.17, 15) is 9.18 Å². The fourth-order valence-corrected chi connectivity index (χ4v) is 1.40. The number of benzene rings is 1. The minimum absolute atomic E-state index is 0.0275. The zero-order valence-electron chi connectivity index (χ0n) is 9.05. The van der Waals surface area contributed by atoms with Crippen LogP contribution in [-0.4, -0.2) is 22.9 Å². The van der Waals surface area contributed by atoms with Crippen molar-refractivity contribution in [1.82, 2.24) is 9.97 Å². The van der Waals surface area contributed by atoms with Crippen molar-refractivity contribution in [2.24, 2.45) is 0 Å². The average molecular weight is 232 g/mol. The van der Waals surface area contributed by atoms with Gasteiger partial charge in [-0.1, -0.05) is 6.07 Å².